The van der Waals surface area contributed by atoms with Crippen LogP contribution in [-0.2, 0) is 9.84 Å². The van der Waals surface area contributed by atoms with Crippen molar-refractivity contribution in [1.29, 1.82) is 0 Å². The van der Waals surface area contributed by atoms with Gasteiger partial charge in [-0.2, -0.15) is 8.78 Å². The van der Waals surface area contributed by atoms with E-state index in [1.54, 1.807) is 0 Å². The zero-order valence-electron chi connectivity index (χ0n) is 6.35. The van der Waals surface area contributed by atoms with Crippen molar-refractivity contribution in [3.8, 4) is 0 Å². The smallest absolute Gasteiger partial charge is 0.242 e. The summed E-state index contributed by atoms with van der Waals surface area (Å²) in [7, 11) is -5.49. The van der Waals surface area contributed by atoms with Crippen LogP contribution in [0, 0.1) is 0 Å². The summed E-state index contributed by atoms with van der Waals surface area (Å²) in [4.78, 5) is 0. The zero-order valence-corrected chi connectivity index (χ0v) is 7.17. The fourth-order valence-electron chi connectivity index (χ4n) is 1.10. The first-order valence-corrected chi connectivity index (χ1v) is 4.94. The van der Waals surface area contributed by atoms with Crippen LogP contribution >= 0.6 is 0 Å². The van der Waals surface area contributed by atoms with Crippen molar-refractivity contribution < 1.29 is 34.8 Å². The van der Waals surface area contributed by atoms with E-state index in [4.69, 9.17) is 0 Å². The Morgan fingerprint density at radius 3 is 1.79 bits per heavy atom. The van der Waals surface area contributed by atoms with Crippen molar-refractivity contribution in [3.63, 3.8) is 0 Å². The molecule has 0 radical (unpaired) electrons. The Labute approximate surface area is 74.8 Å². The van der Waals surface area contributed by atoms with Gasteiger partial charge in [-0.05, 0) is 0 Å². The number of halogens is 6. The third-order valence-corrected chi connectivity index (χ3v) is 3.80. The van der Waals surface area contributed by atoms with E-state index in [2.05, 4.69) is 0 Å². The van der Waals surface area contributed by atoms with Crippen molar-refractivity contribution in [1.82, 2.24) is 0 Å². The summed E-state index contributed by atoms with van der Waals surface area (Å²) in [6.45, 7) is 0. The molecule has 0 spiro atoms. The summed E-state index contributed by atoms with van der Waals surface area (Å²) in [5.74, 6) is -1.93. The Hall–Kier alpha value is -0.470. The average Bonchev–Trinajstić information content (AvgIpc) is 2.10. The Morgan fingerprint density at radius 1 is 1.21 bits per heavy atom. The van der Waals surface area contributed by atoms with E-state index in [9.17, 15) is 34.8 Å². The lowest BCUT2D eigenvalue weighted by Gasteiger charge is -2.25. The largest absolute Gasteiger partial charge is 0.387 e. The fourth-order valence-corrected chi connectivity index (χ4v) is 2.63. The maximum absolute atomic E-state index is 12.8. The van der Waals surface area contributed by atoms with Crippen molar-refractivity contribution in [2.24, 2.45) is 0 Å². The quantitative estimate of drug-likeness (QED) is 0.650. The van der Waals surface area contributed by atoms with Crippen LogP contribution in [0.4, 0.5) is 26.3 Å². The minimum absolute atomic E-state index is 1.93. The highest BCUT2D eigenvalue weighted by Gasteiger charge is 2.78. The van der Waals surface area contributed by atoms with E-state index < -0.39 is 39.1 Å². The topological polar surface area (TPSA) is 34.1 Å². The van der Waals surface area contributed by atoms with Gasteiger partial charge in [0.1, 0.15) is 0 Å². The van der Waals surface area contributed by atoms with E-state index in [1.165, 1.54) is 0 Å². The molecular weight excluding hydrogens is 238 g/mol. The van der Waals surface area contributed by atoms with Crippen molar-refractivity contribution >= 4 is 9.84 Å². The molecule has 0 aliphatic carbocycles. The van der Waals surface area contributed by atoms with Crippen LogP contribution in [0.15, 0.2) is 0 Å². The van der Waals surface area contributed by atoms with E-state index in [0.29, 0.717) is 0 Å². The summed E-state index contributed by atoms with van der Waals surface area (Å²) in [6, 6.07) is 0. The summed E-state index contributed by atoms with van der Waals surface area (Å²) in [5.41, 5.74) is -4.94. The number of alkyl halides is 6. The number of rotatable bonds is 1. The second-order valence-corrected chi connectivity index (χ2v) is 4.91. The van der Waals surface area contributed by atoms with Crippen molar-refractivity contribution in [2.45, 2.75) is 23.5 Å². The molecule has 1 fully saturated rings. The lowest BCUT2D eigenvalue weighted by molar-refractivity contribution is -0.168. The first-order chi connectivity index (χ1) is 6.07. The molecule has 14 heavy (non-hydrogen) atoms. The number of hydrogen-bond donors (Lipinski definition) is 0. The molecule has 1 aliphatic heterocycles. The lowest BCUT2D eigenvalue weighted by atomic mass is 10.0. The molecule has 0 aromatic carbocycles. The summed E-state index contributed by atoms with van der Waals surface area (Å²) in [5, 5.41) is -5.38. The van der Waals surface area contributed by atoms with Crippen molar-refractivity contribution in [2.75, 3.05) is 5.75 Å². The van der Waals surface area contributed by atoms with E-state index >= 15 is 0 Å². The molecule has 1 aliphatic rings. The molecule has 9 heteroatoms. The van der Waals surface area contributed by atoms with Gasteiger partial charge < -0.3 is 0 Å². The molecule has 0 amide bonds. The SMILES string of the molecule is O=S1(=O)CC(F)C(F)(C(F)F)C1(F)F. The Balaban J connectivity index is 3.35. The standard InChI is InChI=1S/C5H4F6O2S/c6-2-1-14(12,13)5(10,11)4(2,9)3(7)8/h2-3H,1H2. The van der Waals surface area contributed by atoms with Gasteiger partial charge in [0.15, 0.2) is 6.17 Å². The number of hydrogen-bond acceptors (Lipinski definition) is 2. The average molecular weight is 242 g/mol. The van der Waals surface area contributed by atoms with Crippen LogP contribution in [-0.4, -0.2) is 37.7 Å². The third kappa shape index (κ3) is 1.07. The Bertz CT molecular complexity index is 338. The van der Waals surface area contributed by atoms with Gasteiger partial charge in [-0.1, -0.05) is 0 Å². The zero-order chi connectivity index (χ0) is 11.4. The van der Waals surface area contributed by atoms with Crippen LogP contribution in [0.3, 0.4) is 0 Å². The molecule has 0 aromatic heterocycles. The van der Waals surface area contributed by atoms with Gasteiger partial charge in [-0.25, -0.2) is 26.0 Å². The maximum atomic E-state index is 12.8. The molecule has 0 saturated carbocycles. The monoisotopic (exact) mass is 242 g/mol. The van der Waals surface area contributed by atoms with Crippen LogP contribution in [0.1, 0.15) is 0 Å². The molecule has 0 bridgehead atoms. The Morgan fingerprint density at radius 2 is 1.64 bits per heavy atom. The van der Waals surface area contributed by atoms with Crippen molar-refractivity contribution in [3.05, 3.63) is 0 Å². The molecule has 84 valence electrons. The number of sulfone groups is 1. The summed E-state index contributed by atoms with van der Waals surface area (Å²) < 4.78 is 95.1. The molecule has 0 N–H and O–H groups in total. The third-order valence-electron chi connectivity index (χ3n) is 1.98. The van der Waals surface area contributed by atoms with E-state index in [0.717, 1.165) is 0 Å². The van der Waals surface area contributed by atoms with Crippen LogP contribution in [0.25, 0.3) is 0 Å². The van der Waals surface area contributed by atoms with E-state index in [1.807, 2.05) is 0 Å². The molecular formula is C5H4F6O2S. The van der Waals surface area contributed by atoms with Gasteiger partial charge in [-0.3, -0.25) is 0 Å². The molecule has 1 rings (SSSR count). The Kier molecular flexibility index (Phi) is 2.29. The van der Waals surface area contributed by atoms with Crippen LogP contribution in [0.2, 0.25) is 0 Å². The predicted octanol–water partition coefficient (Wildman–Crippen LogP) is 1.32. The molecule has 2 atom stereocenters. The lowest BCUT2D eigenvalue weighted by Crippen LogP contribution is -2.53. The summed E-state index contributed by atoms with van der Waals surface area (Å²) in [6.07, 6.45) is -7.81. The van der Waals surface area contributed by atoms with Gasteiger partial charge in [0.05, 0.1) is 5.75 Å². The molecule has 2 nitrogen and oxygen atoms in total. The van der Waals surface area contributed by atoms with Gasteiger partial charge in [-0.15, -0.1) is 0 Å². The first kappa shape index (κ1) is 11.6. The first-order valence-electron chi connectivity index (χ1n) is 3.28. The van der Waals surface area contributed by atoms with Gasteiger partial charge in [0.25, 0.3) is 12.1 Å². The van der Waals surface area contributed by atoms with Gasteiger partial charge >= 0.3 is 5.25 Å². The highest BCUT2D eigenvalue weighted by Crippen LogP contribution is 2.51. The molecule has 2 unspecified atom stereocenters. The minimum atomic E-state index is -5.49. The highest BCUT2D eigenvalue weighted by atomic mass is 32.2. The van der Waals surface area contributed by atoms with E-state index in [-0.39, 0.29) is 0 Å². The van der Waals surface area contributed by atoms with Gasteiger partial charge in [0, 0.05) is 0 Å². The molecule has 1 heterocycles. The normalized spacial score (nSPS) is 40.4. The van der Waals surface area contributed by atoms with Crippen LogP contribution < -0.4 is 0 Å². The molecule has 1 saturated heterocycles. The fraction of sp³-hybridized carbons (Fsp3) is 1.00. The van der Waals surface area contributed by atoms with Crippen LogP contribution in [0.5, 0.6) is 0 Å². The second-order valence-electron chi connectivity index (χ2n) is 2.83. The second kappa shape index (κ2) is 2.77. The summed E-state index contributed by atoms with van der Waals surface area (Å²) >= 11 is 0. The highest BCUT2D eigenvalue weighted by molar-refractivity contribution is 7.92. The maximum Gasteiger partial charge on any atom is 0.387 e. The van der Waals surface area contributed by atoms with Gasteiger partial charge in [0.2, 0.25) is 9.84 Å². The molecule has 0 aromatic rings. The predicted molar refractivity (Wildman–Crippen MR) is 33.5 cm³/mol. The minimum Gasteiger partial charge on any atom is -0.242 e.